The summed E-state index contributed by atoms with van der Waals surface area (Å²) in [6, 6.07) is 0. The minimum Gasteiger partial charge on any atom is -0.370 e. The normalized spacial score (nSPS) is 25.9. The van der Waals surface area contributed by atoms with Gasteiger partial charge in [-0.2, -0.15) is 0 Å². The van der Waals surface area contributed by atoms with Crippen LogP contribution in [0.4, 0.5) is 0 Å². The third-order valence-electron chi connectivity index (χ3n) is 2.87. The highest BCUT2D eigenvalue weighted by molar-refractivity contribution is 5.99. The number of guanidine groups is 2. The summed E-state index contributed by atoms with van der Waals surface area (Å²) < 4.78 is 0. The molecule has 1 aliphatic carbocycles. The Hall–Kier alpha value is -1.78. The van der Waals surface area contributed by atoms with Crippen molar-refractivity contribution in [1.82, 2.24) is 10.6 Å². The van der Waals surface area contributed by atoms with E-state index in [1.807, 2.05) is 6.92 Å². The van der Waals surface area contributed by atoms with Gasteiger partial charge in [0, 0.05) is 6.54 Å². The molecule has 0 spiro atoms. The maximum atomic E-state index is 5.63. The Balaban J connectivity index is 1.85. The first-order valence-corrected chi connectivity index (χ1v) is 5.92. The van der Waals surface area contributed by atoms with Crippen LogP contribution in [0.5, 0.6) is 0 Å². The van der Waals surface area contributed by atoms with Crippen LogP contribution in [0.25, 0.3) is 0 Å². The molecule has 0 saturated heterocycles. The van der Waals surface area contributed by atoms with Crippen LogP contribution in [0.1, 0.15) is 26.7 Å². The fourth-order valence-electron chi connectivity index (χ4n) is 1.97. The quantitative estimate of drug-likeness (QED) is 0.677. The van der Waals surface area contributed by atoms with Gasteiger partial charge in [-0.05, 0) is 32.3 Å². The molecule has 1 heterocycles. The topological polar surface area (TPSA) is 74.8 Å². The number of nitrogens with two attached hydrogens (primary N) is 1. The summed E-state index contributed by atoms with van der Waals surface area (Å²) in [6.45, 7) is 4.84. The van der Waals surface area contributed by atoms with Crippen molar-refractivity contribution in [2.45, 2.75) is 32.9 Å². The van der Waals surface area contributed by atoms with Crippen LogP contribution in [0.15, 0.2) is 33.3 Å². The van der Waals surface area contributed by atoms with E-state index in [0.717, 1.165) is 19.4 Å². The molecule has 4 N–H and O–H groups in total. The highest BCUT2D eigenvalue weighted by atomic mass is 15.3. The van der Waals surface area contributed by atoms with Crippen molar-refractivity contribution in [3.05, 3.63) is 23.3 Å². The van der Waals surface area contributed by atoms with Crippen LogP contribution in [-0.4, -0.2) is 24.6 Å². The molecule has 0 aromatic carbocycles. The van der Waals surface area contributed by atoms with E-state index in [9.17, 15) is 0 Å². The molecular weight excluding hydrogens is 214 g/mol. The lowest BCUT2D eigenvalue weighted by atomic mass is 10.1. The van der Waals surface area contributed by atoms with E-state index in [1.165, 1.54) is 11.1 Å². The fourth-order valence-corrected chi connectivity index (χ4v) is 1.97. The maximum absolute atomic E-state index is 5.63. The minimum absolute atomic E-state index is 0.0117. The van der Waals surface area contributed by atoms with Crippen molar-refractivity contribution in [1.29, 1.82) is 0 Å². The summed E-state index contributed by atoms with van der Waals surface area (Å²) in [6.07, 6.45) is 6.52. The summed E-state index contributed by atoms with van der Waals surface area (Å²) in [7, 11) is 0. The van der Waals surface area contributed by atoms with Gasteiger partial charge in [-0.1, -0.05) is 17.7 Å². The largest absolute Gasteiger partial charge is 0.370 e. The van der Waals surface area contributed by atoms with E-state index >= 15 is 0 Å². The lowest BCUT2D eigenvalue weighted by molar-refractivity contribution is 0.663. The highest BCUT2D eigenvalue weighted by Gasteiger charge is 2.11. The van der Waals surface area contributed by atoms with Gasteiger partial charge < -0.3 is 11.1 Å². The summed E-state index contributed by atoms with van der Waals surface area (Å²) in [5, 5.41) is 6.04. The van der Waals surface area contributed by atoms with Gasteiger partial charge in [0.15, 0.2) is 11.9 Å². The Morgan fingerprint density at radius 1 is 1.53 bits per heavy atom. The smallest absolute Gasteiger partial charge is 0.199 e. The average Bonchev–Trinajstić information content (AvgIpc) is 2.63. The second-order valence-electron chi connectivity index (χ2n) is 4.29. The number of nitrogens with one attached hydrogen (secondary N) is 2. The number of nitrogens with zero attached hydrogens (tertiary/aromatic N) is 2. The van der Waals surface area contributed by atoms with Gasteiger partial charge in [0.1, 0.15) is 6.17 Å². The molecule has 1 aliphatic heterocycles. The zero-order valence-electron chi connectivity index (χ0n) is 10.3. The minimum atomic E-state index is -0.0117. The third kappa shape index (κ3) is 3.09. The number of allylic oxidation sites excluding steroid dienone is 3. The van der Waals surface area contributed by atoms with Crippen molar-refractivity contribution in [2.75, 3.05) is 6.54 Å². The molecule has 0 radical (unpaired) electrons. The zero-order valence-corrected chi connectivity index (χ0v) is 10.3. The maximum Gasteiger partial charge on any atom is 0.199 e. The zero-order chi connectivity index (χ0) is 12.3. The van der Waals surface area contributed by atoms with Gasteiger partial charge in [-0.3, -0.25) is 10.3 Å². The number of hydrogen-bond acceptors (Lipinski definition) is 3. The van der Waals surface area contributed by atoms with Crippen LogP contribution in [0.2, 0.25) is 0 Å². The summed E-state index contributed by atoms with van der Waals surface area (Å²) in [5.41, 5.74) is 8.41. The second-order valence-corrected chi connectivity index (χ2v) is 4.29. The van der Waals surface area contributed by atoms with Crippen LogP contribution < -0.4 is 16.4 Å². The monoisotopic (exact) mass is 233 g/mol. The van der Waals surface area contributed by atoms with E-state index < -0.39 is 0 Å². The Morgan fingerprint density at radius 3 is 3.00 bits per heavy atom. The van der Waals surface area contributed by atoms with E-state index in [4.69, 9.17) is 5.73 Å². The molecule has 0 fully saturated rings. The Kier molecular flexibility index (Phi) is 3.46. The molecule has 0 aromatic heterocycles. The molecule has 0 saturated carbocycles. The average molecular weight is 233 g/mol. The van der Waals surface area contributed by atoms with Crippen LogP contribution in [0.3, 0.4) is 0 Å². The fraction of sp³-hybridized carbons (Fsp3) is 0.500. The molecule has 2 aliphatic rings. The molecule has 0 amide bonds. The highest BCUT2D eigenvalue weighted by Crippen LogP contribution is 2.21. The molecule has 1 unspecified atom stereocenters. The first-order chi connectivity index (χ1) is 8.15. The standard InChI is InChI=1S/C12H19N5/c1-8-4-3-5-10(8)6-7-14-12-16-9(2)15-11(13)17-12/h4-5,9H,3,6-7H2,1-2H3,(H4,13,14,15,16,17). The number of rotatable bonds is 3. The van der Waals surface area contributed by atoms with Gasteiger partial charge in [-0.25, -0.2) is 4.99 Å². The van der Waals surface area contributed by atoms with E-state index in [2.05, 4.69) is 39.7 Å². The first-order valence-electron chi connectivity index (χ1n) is 5.92. The first kappa shape index (κ1) is 11.7. The molecule has 0 bridgehead atoms. The van der Waals surface area contributed by atoms with Gasteiger partial charge >= 0.3 is 0 Å². The van der Waals surface area contributed by atoms with Crippen LogP contribution in [0, 0.1) is 0 Å². The Morgan fingerprint density at radius 2 is 2.35 bits per heavy atom. The van der Waals surface area contributed by atoms with Gasteiger partial charge in [-0.15, -0.1) is 0 Å². The summed E-state index contributed by atoms with van der Waals surface area (Å²) in [5.74, 6) is 1.14. The Bertz CT molecular complexity index is 417. The third-order valence-corrected chi connectivity index (χ3v) is 2.87. The molecular formula is C12H19N5. The molecule has 5 heteroatoms. The van der Waals surface area contributed by atoms with Gasteiger partial charge in [0.25, 0.3) is 0 Å². The predicted octanol–water partition coefficient (Wildman–Crippen LogP) is 0.862. The van der Waals surface area contributed by atoms with Crippen molar-refractivity contribution in [3.8, 4) is 0 Å². The molecule has 17 heavy (non-hydrogen) atoms. The van der Waals surface area contributed by atoms with Gasteiger partial charge in [0.2, 0.25) is 0 Å². The molecule has 1 atom stereocenters. The van der Waals surface area contributed by atoms with Crippen molar-refractivity contribution in [2.24, 2.45) is 15.7 Å². The van der Waals surface area contributed by atoms with Crippen molar-refractivity contribution < 1.29 is 0 Å². The lowest BCUT2D eigenvalue weighted by Crippen LogP contribution is -2.52. The summed E-state index contributed by atoms with van der Waals surface area (Å²) in [4.78, 5) is 8.55. The molecule has 5 nitrogen and oxygen atoms in total. The number of aliphatic imine (C=N–C) groups is 2. The van der Waals surface area contributed by atoms with E-state index in [-0.39, 0.29) is 6.17 Å². The summed E-state index contributed by atoms with van der Waals surface area (Å²) >= 11 is 0. The Labute approximate surface area is 102 Å². The van der Waals surface area contributed by atoms with E-state index in [0.29, 0.717) is 11.9 Å². The molecule has 92 valence electrons. The van der Waals surface area contributed by atoms with Crippen LogP contribution in [-0.2, 0) is 0 Å². The second kappa shape index (κ2) is 5.03. The van der Waals surface area contributed by atoms with Crippen molar-refractivity contribution >= 4 is 11.9 Å². The van der Waals surface area contributed by atoms with Crippen molar-refractivity contribution in [3.63, 3.8) is 0 Å². The lowest BCUT2D eigenvalue weighted by Gasteiger charge is -2.20. The number of hydrogen-bond donors (Lipinski definition) is 3. The molecule has 2 rings (SSSR count). The van der Waals surface area contributed by atoms with Gasteiger partial charge in [0.05, 0.1) is 0 Å². The SMILES string of the molecule is CC1=CCC=C1CCN=C1NC(N)=NC(C)N1. The van der Waals surface area contributed by atoms with Crippen LogP contribution >= 0.6 is 0 Å². The van der Waals surface area contributed by atoms with E-state index in [1.54, 1.807) is 0 Å². The predicted molar refractivity (Wildman–Crippen MR) is 70.7 cm³/mol. The molecule has 0 aromatic rings.